The molecule has 1 aliphatic heterocycles. The van der Waals surface area contributed by atoms with Crippen LogP contribution >= 0.6 is 0 Å². The van der Waals surface area contributed by atoms with Gasteiger partial charge in [-0.05, 0) is 102 Å². The fraction of sp³-hybridized carbons (Fsp3) is 0.553. The second-order valence-corrected chi connectivity index (χ2v) is 15.4. The molecule has 0 amide bonds. The van der Waals surface area contributed by atoms with Crippen LogP contribution in [0.5, 0.6) is 0 Å². The standard InChI is InChI=1S/C38H48O4/c1-24(2)15-16-28-23-37(22-27-17-19-34(4,5)21-25(27)3)32-29(18-20-35(6,7)42-32)31(40)38(33(37)41,36(28,8)9)30(39)26-13-11-10-12-14-26/h10-15,18,20-21,27-28H,16-17,19,22-23H2,1-9H3/t27-,28+,37-,38+/m1/s1. The first kappa shape index (κ1) is 30.4. The summed E-state index contributed by atoms with van der Waals surface area (Å²) in [6.45, 7) is 18.7. The molecule has 4 atom stereocenters. The van der Waals surface area contributed by atoms with Gasteiger partial charge in [-0.3, -0.25) is 14.4 Å². The molecule has 224 valence electrons. The minimum atomic E-state index is -1.84. The molecular formula is C38H48O4. The van der Waals surface area contributed by atoms with Crippen molar-refractivity contribution in [1.29, 1.82) is 0 Å². The Hall–Kier alpha value is -3.01. The first-order valence-electron chi connectivity index (χ1n) is 15.6. The third-order valence-electron chi connectivity index (χ3n) is 10.8. The Bertz CT molecular complexity index is 1440. The average Bonchev–Trinajstić information content (AvgIpc) is 2.90. The maximum atomic E-state index is 15.5. The van der Waals surface area contributed by atoms with Crippen molar-refractivity contribution in [2.75, 3.05) is 0 Å². The predicted molar refractivity (Wildman–Crippen MR) is 168 cm³/mol. The number of fused-ring (bicyclic) bond motifs is 3. The van der Waals surface area contributed by atoms with E-state index in [2.05, 4.69) is 46.8 Å². The fourth-order valence-electron chi connectivity index (χ4n) is 8.36. The molecule has 0 aromatic heterocycles. The number of rotatable bonds is 6. The molecule has 3 aliphatic carbocycles. The molecule has 4 nitrogen and oxygen atoms in total. The highest BCUT2D eigenvalue weighted by atomic mass is 16.5. The molecule has 1 aromatic rings. The normalized spacial score (nSPS) is 32.5. The van der Waals surface area contributed by atoms with Gasteiger partial charge in [0.1, 0.15) is 11.4 Å². The van der Waals surface area contributed by atoms with Gasteiger partial charge in [0.2, 0.25) is 0 Å². The van der Waals surface area contributed by atoms with Crippen molar-refractivity contribution in [3.63, 3.8) is 0 Å². The lowest BCUT2D eigenvalue weighted by molar-refractivity contribution is -0.169. The van der Waals surface area contributed by atoms with Crippen LogP contribution in [0.15, 0.2) is 77.1 Å². The Morgan fingerprint density at radius 3 is 2.31 bits per heavy atom. The molecule has 5 rings (SSSR count). The first-order valence-corrected chi connectivity index (χ1v) is 15.6. The van der Waals surface area contributed by atoms with Crippen molar-refractivity contribution >= 4 is 17.3 Å². The largest absolute Gasteiger partial charge is 0.486 e. The van der Waals surface area contributed by atoms with E-state index in [1.165, 1.54) is 11.1 Å². The van der Waals surface area contributed by atoms with Crippen LogP contribution in [0.25, 0.3) is 0 Å². The molecule has 0 saturated heterocycles. The van der Waals surface area contributed by atoms with Crippen LogP contribution in [0, 0.1) is 33.5 Å². The van der Waals surface area contributed by atoms with Gasteiger partial charge in [-0.15, -0.1) is 0 Å². The Morgan fingerprint density at radius 2 is 1.69 bits per heavy atom. The summed E-state index contributed by atoms with van der Waals surface area (Å²) < 4.78 is 6.70. The molecule has 0 N–H and O–H groups in total. The number of benzene rings is 1. The van der Waals surface area contributed by atoms with Crippen molar-refractivity contribution in [2.24, 2.45) is 33.5 Å². The molecule has 2 bridgehead atoms. The summed E-state index contributed by atoms with van der Waals surface area (Å²) in [7, 11) is 0. The van der Waals surface area contributed by atoms with Crippen LogP contribution in [0.4, 0.5) is 0 Å². The zero-order valence-corrected chi connectivity index (χ0v) is 27.0. The van der Waals surface area contributed by atoms with E-state index < -0.39 is 27.6 Å². The molecule has 1 saturated carbocycles. The lowest BCUT2D eigenvalue weighted by Gasteiger charge is -2.61. The third kappa shape index (κ3) is 4.52. The topological polar surface area (TPSA) is 60.4 Å². The van der Waals surface area contributed by atoms with Gasteiger partial charge in [0.05, 0.1) is 11.0 Å². The molecule has 4 aliphatic rings. The number of carbonyl (C=O) groups is 3. The van der Waals surface area contributed by atoms with E-state index in [0.29, 0.717) is 36.2 Å². The minimum Gasteiger partial charge on any atom is -0.486 e. The summed E-state index contributed by atoms with van der Waals surface area (Å²) >= 11 is 0. The van der Waals surface area contributed by atoms with E-state index in [-0.39, 0.29) is 28.8 Å². The summed E-state index contributed by atoms with van der Waals surface area (Å²) in [5.41, 5.74) is -1.12. The molecule has 1 heterocycles. The van der Waals surface area contributed by atoms with Crippen LogP contribution in [-0.2, 0) is 14.3 Å². The summed E-state index contributed by atoms with van der Waals surface area (Å²) in [6.07, 6.45) is 12.1. The van der Waals surface area contributed by atoms with Crippen molar-refractivity contribution in [3.8, 4) is 0 Å². The zero-order valence-electron chi connectivity index (χ0n) is 27.0. The van der Waals surface area contributed by atoms with Gasteiger partial charge in [-0.1, -0.05) is 81.3 Å². The van der Waals surface area contributed by atoms with E-state index in [1.54, 1.807) is 24.3 Å². The predicted octanol–water partition coefficient (Wildman–Crippen LogP) is 8.79. The van der Waals surface area contributed by atoms with Crippen molar-refractivity contribution in [1.82, 2.24) is 0 Å². The second kappa shape index (κ2) is 10.0. The number of ether oxygens (including phenoxy) is 1. The number of ketones is 3. The number of hydrogen-bond acceptors (Lipinski definition) is 4. The minimum absolute atomic E-state index is 0.0855. The Morgan fingerprint density at radius 1 is 1.02 bits per heavy atom. The molecule has 1 aromatic carbocycles. The van der Waals surface area contributed by atoms with Crippen molar-refractivity contribution in [3.05, 3.63) is 82.7 Å². The van der Waals surface area contributed by atoms with Gasteiger partial charge < -0.3 is 4.74 Å². The van der Waals surface area contributed by atoms with Crippen LogP contribution in [0.3, 0.4) is 0 Å². The van der Waals surface area contributed by atoms with E-state index in [4.69, 9.17) is 4.74 Å². The molecule has 0 radical (unpaired) electrons. The number of allylic oxidation sites excluding steroid dienone is 7. The summed E-state index contributed by atoms with van der Waals surface area (Å²) in [5.74, 6) is -0.459. The molecule has 42 heavy (non-hydrogen) atoms. The van der Waals surface area contributed by atoms with Gasteiger partial charge in [-0.25, -0.2) is 0 Å². The van der Waals surface area contributed by atoms with E-state index >= 15 is 4.79 Å². The van der Waals surface area contributed by atoms with Gasteiger partial charge in [-0.2, -0.15) is 0 Å². The SMILES string of the molecule is CC(C)=CC[C@H]1C[C@@]2(C[C@H]3CCC(C)(C)C=C3C)C(=O)[C@](C(=O)c3ccccc3)(C(=O)C3=C2OC(C)(C)C=C3)C1(C)C. The van der Waals surface area contributed by atoms with Crippen LogP contribution < -0.4 is 0 Å². The van der Waals surface area contributed by atoms with E-state index in [9.17, 15) is 9.59 Å². The Labute approximate surface area is 252 Å². The molecule has 1 fully saturated rings. The van der Waals surface area contributed by atoms with Crippen LogP contribution in [0.1, 0.15) is 105 Å². The lowest BCUT2D eigenvalue weighted by atomic mass is 9.38. The molecule has 0 unspecified atom stereocenters. The highest BCUT2D eigenvalue weighted by Gasteiger charge is 2.76. The van der Waals surface area contributed by atoms with E-state index in [1.807, 2.05) is 45.9 Å². The molecule has 4 heteroatoms. The fourth-order valence-corrected chi connectivity index (χ4v) is 8.36. The molecule has 0 spiro atoms. The molecular weight excluding hydrogens is 520 g/mol. The average molecular weight is 569 g/mol. The quantitative estimate of drug-likeness (QED) is 0.195. The van der Waals surface area contributed by atoms with Crippen LogP contribution in [0.2, 0.25) is 0 Å². The van der Waals surface area contributed by atoms with Crippen LogP contribution in [-0.4, -0.2) is 23.0 Å². The van der Waals surface area contributed by atoms with Crippen molar-refractivity contribution in [2.45, 2.75) is 100 Å². The third-order valence-corrected chi connectivity index (χ3v) is 10.8. The lowest BCUT2D eigenvalue weighted by Crippen LogP contribution is -2.70. The summed E-state index contributed by atoms with van der Waals surface area (Å²) in [6, 6.07) is 8.95. The second-order valence-electron chi connectivity index (χ2n) is 15.4. The van der Waals surface area contributed by atoms with Crippen molar-refractivity contribution < 1.29 is 19.1 Å². The maximum absolute atomic E-state index is 15.5. The van der Waals surface area contributed by atoms with Gasteiger partial charge >= 0.3 is 0 Å². The van der Waals surface area contributed by atoms with Gasteiger partial charge in [0.15, 0.2) is 22.8 Å². The van der Waals surface area contributed by atoms with Gasteiger partial charge in [0, 0.05) is 5.56 Å². The number of carbonyl (C=O) groups excluding carboxylic acids is 3. The first-order chi connectivity index (χ1) is 19.5. The smallest absolute Gasteiger partial charge is 0.188 e. The number of hydrogen-bond donors (Lipinski definition) is 0. The summed E-state index contributed by atoms with van der Waals surface area (Å²) in [4.78, 5) is 45.4. The number of Topliss-reactive ketones (excluding diaryl/α,β-unsaturated/α-hetero) is 3. The summed E-state index contributed by atoms with van der Waals surface area (Å²) in [5, 5.41) is 0. The monoisotopic (exact) mass is 568 g/mol. The highest BCUT2D eigenvalue weighted by molar-refractivity contribution is 6.36. The Kier molecular flexibility index (Phi) is 7.27. The Balaban J connectivity index is 1.81. The van der Waals surface area contributed by atoms with Gasteiger partial charge in [0.25, 0.3) is 0 Å². The highest BCUT2D eigenvalue weighted by Crippen LogP contribution is 2.68. The van der Waals surface area contributed by atoms with E-state index in [0.717, 1.165) is 12.8 Å². The zero-order chi connectivity index (χ0) is 30.9. The maximum Gasteiger partial charge on any atom is 0.188 e.